The van der Waals surface area contributed by atoms with Gasteiger partial charge in [0, 0.05) is 13.0 Å². The van der Waals surface area contributed by atoms with Gasteiger partial charge in [-0.05, 0) is 18.9 Å². The van der Waals surface area contributed by atoms with Crippen molar-refractivity contribution in [1.29, 1.82) is 0 Å². The van der Waals surface area contributed by atoms with Gasteiger partial charge in [0.25, 0.3) is 0 Å². The summed E-state index contributed by atoms with van der Waals surface area (Å²) in [6.45, 7) is -0.341. The summed E-state index contributed by atoms with van der Waals surface area (Å²) in [6, 6.07) is 0. The molecule has 0 saturated carbocycles. The first kappa shape index (κ1) is 14.5. The average Bonchev–Trinajstić information content (AvgIpc) is 2.30. The third kappa shape index (κ3) is 5.84. The fourth-order valence-electron chi connectivity index (χ4n) is 1.72. The van der Waals surface area contributed by atoms with Crippen molar-refractivity contribution < 1.29 is 23.1 Å². The summed E-state index contributed by atoms with van der Waals surface area (Å²) in [5.74, 6) is -1.07. The molecule has 15 heavy (non-hydrogen) atoms. The molecule has 0 aromatic heterocycles. The molecule has 90 valence electrons. The summed E-state index contributed by atoms with van der Waals surface area (Å²) in [6.07, 6.45) is -3.67. The number of aliphatic carboxylic acids is 1. The van der Waals surface area contributed by atoms with Crippen LogP contribution >= 0.6 is 12.4 Å². The molecular weight excluding hydrogens is 235 g/mol. The minimum Gasteiger partial charge on any atom is -0.481 e. The summed E-state index contributed by atoms with van der Waals surface area (Å²) < 4.78 is 35.8. The predicted octanol–water partition coefficient (Wildman–Crippen LogP) is 1.77. The summed E-state index contributed by atoms with van der Waals surface area (Å²) >= 11 is 0. The van der Waals surface area contributed by atoms with Crippen molar-refractivity contribution in [2.24, 2.45) is 5.92 Å². The van der Waals surface area contributed by atoms with Crippen molar-refractivity contribution in [3.8, 4) is 0 Å². The molecular formula is C8H13ClF3NO2. The SMILES string of the molecule is Cl.O=C(O)CC1CCN(CC(F)(F)F)C1. The zero-order valence-corrected chi connectivity index (χ0v) is 8.77. The molecule has 0 aliphatic carbocycles. The van der Waals surface area contributed by atoms with Crippen LogP contribution < -0.4 is 0 Å². The van der Waals surface area contributed by atoms with Crippen molar-refractivity contribution in [1.82, 2.24) is 4.90 Å². The Morgan fingerprint density at radius 3 is 2.53 bits per heavy atom. The molecule has 1 unspecified atom stereocenters. The monoisotopic (exact) mass is 247 g/mol. The van der Waals surface area contributed by atoms with Gasteiger partial charge in [-0.1, -0.05) is 0 Å². The summed E-state index contributed by atoms with van der Waals surface area (Å²) in [5.41, 5.74) is 0. The standard InChI is InChI=1S/C8H12F3NO2.ClH/c9-8(10,11)5-12-2-1-6(4-12)3-7(13)14;/h6H,1-5H2,(H,13,14);1H. The minimum absolute atomic E-state index is 0. The number of carboxylic acid groups (broad SMARTS) is 1. The van der Waals surface area contributed by atoms with E-state index in [1.807, 2.05) is 0 Å². The van der Waals surface area contributed by atoms with Crippen LogP contribution in [0, 0.1) is 5.92 Å². The van der Waals surface area contributed by atoms with Crippen molar-refractivity contribution in [3.63, 3.8) is 0 Å². The van der Waals surface area contributed by atoms with Gasteiger partial charge < -0.3 is 5.11 Å². The van der Waals surface area contributed by atoms with Gasteiger partial charge in [-0.2, -0.15) is 13.2 Å². The normalized spacial score (nSPS) is 22.5. The second-order valence-electron chi connectivity index (χ2n) is 3.60. The fourth-order valence-corrected chi connectivity index (χ4v) is 1.72. The molecule has 0 aromatic rings. The lowest BCUT2D eigenvalue weighted by Crippen LogP contribution is -2.32. The van der Waals surface area contributed by atoms with Crippen molar-refractivity contribution in [2.75, 3.05) is 19.6 Å². The van der Waals surface area contributed by atoms with E-state index >= 15 is 0 Å². The molecule has 1 saturated heterocycles. The number of hydrogen-bond acceptors (Lipinski definition) is 2. The Hall–Kier alpha value is -0.490. The van der Waals surface area contributed by atoms with Crippen molar-refractivity contribution in [2.45, 2.75) is 19.0 Å². The van der Waals surface area contributed by atoms with Gasteiger partial charge in [-0.25, -0.2) is 0 Å². The third-order valence-corrected chi connectivity index (χ3v) is 2.24. The summed E-state index contributed by atoms with van der Waals surface area (Å²) in [5, 5.41) is 8.45. The molecule has 0 spiro atoms. The van der Waals surface area contributed by atoms with E-state index in [4.69, 9.17) is 5.11 Å². The van der Waals surface area contributed by atoms with Gasteiger partial charge in [0.2, 0.25) is 0 Å². The topological polar surface area (TPSA) is 40.5 Å². The van der Waals surface area contributed by atoms with E-state index in [0.29, 0.717) is 13.0 Å². The van der Waals surface area contributed by atoms with Gasteiger partial charge in [0.05, 0.1) is 6.54 Å². The van der Waals surface area contributed by atoms with E-state index in [9.17, 15) is 18.0 Å². The lowest BCUT2D eigenvalue weighted by molar-refractivity contribution is -0.143. The van der Waals surface area contributed by atoms with E-state index in [1.54, 1.807) is 0 Å². The Bertz CT molecular complexity index is 222. The molecule has 1 aliphatic rings. The van der Waals surface area contributed by atoms with Crippen molar-refractivity contribution >= 4 is 18.4 Å². The molecule has 0 amide bonds. The number of halogens is 4. The molecule has 1 aliphatic heterocycles. The largest absolute Gasteiger partial charge is 0.481 e. The Morgan fingerprint density at radius 1 is 1.47 bits per heavy atom. The van der Waals surface area contributed by atoms with Crippen LogP contribution in [0.5, 0.6) is 0 Å². The van der Waals surface area contributed by atoms with Gasteiger partial charge in [-0.15, -0.1) is 12.4 Å². The van der Waals surface area contributed by atoms with Crippen LogP contribution in [0.25, 0.3) is 0 Å². The first-order valence-electron chi connectivity index (χ1n) is 4.38. The number of likely N-dealkylation sites (tertiary alicyclic amines) is 1. The lowest BCUT2D eigenvalue weighted by Gasteiger charge is -2.17. The van der Waals surface area contributed by atoms with Crippen LogP contribution in [0.1, 0.15) is 12.8 Å². The fraction of sp³-hybridized carbons (Fsp3) is 0.875. The van der Waals surface area contributed by atoms with E-state index in [2.05, 4.69) is 0 Å². The number of rotatable bonds is 3. The van der Waals surface area contributed by atoms with E-state index < -0.39 is 18.7 Å². The number of carboxylic acids is 1. The second-order valence-corrected chi connectivity index (χ2v) is 3.60. The molecule has 1 fully saturated rings. The first-order valence-corrected chi connectivity index (χ1v) is 4.38. The molecule has 1 N–H and O–H groups in total. The molecule has 0 bridgehead atoms. The van der Waals surface area contributed by atoms with Gasteiger partial charge >= 0.3 is 12.1 Å². The Labute approximate surface area is 91.7 Å². The predicted molar refractivity (Wildman–Crippen MR) is 50.1 cm³/mol. The molecule has 3 nitrogen and oxygen atoms in total. The van der Waals surface area contributed by atoms with Gasteiger partial charge in [0.1, 0.15) is 0 Å². The molecule has 7 heteroatoms. The highest BCUT2D eigenvalue weighted by molar-refractivity contribution is 5.85. The van der Waals surface area contributed by atoms with Crippen LogP contribution in [-0.4, -0.2) is 41.8 Å². The Morgan fingerprint density at radius 2 is 2.07 bits per heavy atom. The zero-order valence-electron chi connectivity index (χ0n) is 7.96. The summed E-state index contributed by atoms with van der Waals surface area (Å²) in [7, 11) is 0. The van der Waals surface area contributed by atoms with Crippen LogP contribution in [0.3, 0.4) is 0 Å². The Kier molecular flexibility index (Phi) is 5.37. The molecule has 1 rings (SSSR count). The average molecular weight is 248 g/mol. The maximum Gasteiger partial charge on any atom is 0.401 e. The molecule has 0 radical (unpaired) electrons. The van der Waals surface area contributed by atoms with E-state index in [-0.39, 0.29) is 31.3 Å². The van der Waals surface area contributed by atoms with E-state index in [1.165, 1.54) is 4.90 Å². The number of hydrogen-bond donors (Lipinski definition) is 1. The minimum atomic E-state index is -4.18. The maximum absolute atomic E-state index is 11.9. The van der Waals surface area contributed by atoms with Crippen LogP contribution in [0.15, 0.2) is 0 Å². The lowest BCUT2D eigenvalue weighted by atomic mass is 10.1. The van der Waals surface area contributed by atoms with Crippen LogP contribution in [0.2, 0.25) is 0 Å². The number of alkyl halides is 3. The zero-order chi connectivity index (χ0) is 10.8. The van der Waals surface area contributed by atoms with E-state index in [0.717, 1.165) is 0 Å². The smallest absolute Gasteiger partial charge is 0.401 e. The molecule has 1 heterocycles. The molecule has 0 aromatic carbocycles. The molecule has 1 atom stereocenters. The number of carbonyl (C=O) groups is 1. The van der Waals surface area contributed by atoms with Gasteiger partial charge in [0.15, 0.2) is 0 Å². The van der Waals surface area contributed by atoms with Crippen molar-refractivity contribution in [3.05, 3.63) is 0 Å². The number of nitrogens with zero attached hydrogens (tertiary/aromatic N) is 1. The highest BCUT2D eigenvalue weighted by Crippen LogP contribution is 2.24. The Balaban J connectivity index is 0.00000196. The highest BCUT2D eigenvalue weighted by Gasteiger charge is 2.34. The summed E-state index contributed by atoms with van der Waals surface area (Å²) in [4.78, 5) is 11.6. The first-order chi connectivity index (χ1) is 6.37. The highest BCUT2D eigenvalue weighted by atomic mass is 35.5. The third-order valence-electron chi connectivity index (χ3n) is 2.24. The van der Waals surface area contributed by atoms with Crippen LogP contribution in [-0.2, 0) is 4.79 Å². The second kappa shape index (κ2) is 5.55. The quantitative estimate of drug-likeness (QED) is 0.826. The van der Waals surface area contributed by atoms with Crippen LogP contribution in [0.4, 0.5) is 13.2 Å². The maximum atomic E-state index is 11.9. The van der Waals surface area contributed by atoms with Gasteiger partial charge in [-0.3, -0.25) is 9.69 Å².